The molecule has 0 atom stereocenters. The molecule has 2 N–H and O–H groups in total. The number of carbonyl (C=O) groups is 1. The first kappa shape index (κ1) is 15.4. The Morgan fingerprint density at radius 1 is 1.10 bits per heavy atom. The van der Waals surface area contributed by atoms with Crippen molar-refractivity contribution in [1.29, 1.82) is 0 Å². The van der Waals surface area contributed by atoms with Crippen LogP contribution >= 0.6 is 15.9 Å². The van der Waals surface area contributed by atoms with Crippen molar-refractivity contribution >= 4 is 27.6 Å². The topological polar surface area (TPSA) is 50.4 Å². The minimum absolute atomic E-state index is 0.215. The Morgan fingerprint density at radius 2 is 1.90 bits per heavy atom. The zero-order chi connectivity index (χ0) is 14.9. The number of nitrogens with one attached hydrogen (secondary N) is 2. The van der Waals surface area contributed by atoms with Gasteiger partial charge in [-0.15, -0.1) is 0 Å². The summed E-state index contributed by atoms with van der Waals surface area (Å²) in [5.74, 6) is 0.844. The standard InChI is InChI=1S/C16H17BrN2O2/c17-13-6-4-7-14(12-13)19-16(20)18-10-5-11-21-15-8-2-1-3-9-15/h1-4,6-9,12H,5,10-11H2,(H2,18,19,20). The van der Waals surface area contributed by atoms with E-state index in [1.165, 1.54) is 0 Å². The quantitative estimate of drug-likeness (QED) is 0.774. The van der Waals surface area contributed by atoms with Gasteiger partial charge < -0.3 is 15.4 Å². The molecule has 110 valence electrons. The zero-order valence-electron chi connectivity index (χ0n) is 11.5. The predicted molar refractivity (Wildman–Crippen MR) is 87.7 cm³/mol. The van der Waals surface area contributed by atoms with Crippen molar-refractivity contribution in [2.75, 3.05) is 18.5 Å². The Morgan fingerprint density at radius 3 is 2.67 bits per heavy atom. The number of rotatable bonds is 6. The van der Waals surface area contributed by atoms with Gasteiger partial charge in [-0.05, 0) is 36.8 Å². The molecular formula is C16H17BrN2O2. The molecule has 21 heavy (non-hydrogen) atoms. The van der Waals surface area contributed by atoms with E-state index in [4.69, 9.17) is 4.74 Å². The van der Waals surface area contributed by atoms with Crippen molar-refractivity contribution in [3.8, 4) is 5.75 Å². The number of hydrogen-bond acceptors (Lipinski definition) is 2. The number of halogens is 1. The summed E-state index contributed by atoms with van der Waals surface area (Å²) < 4.78 is 6.47. The summed E-state index contributed by atoms with van der Waals surface area (Å²) in [5.41, 5.74) is 0.752. The van der Waals surface area contributed by atoms with Crippen molar-refractivity contribution in [3.63, 3.8) is 0 Å². The van der Waals surface area contributed by atoms with Gasteiger partial charge in [0.2, 0.25) is 0 Å². The Kier molecular flexibility index (Phi) is 6.09. The third-order valence-corrected chi connectivity index (χ3v) is 3.19. The third kappa shape index (κ3) is 5.87. The summed E-state index contributed by atoms with van der Waals surface area (Å²) in [6.45, 7) is 1.13. The first-order valence-electron chi connectivity index (χ1n) is 6.72. The summed E-state index contributed by atoms with van der Waals surface area (Å²) in [7, 11) is 0. The summed E-state index contributed by atoms with van der Waals surface area (Å²) in [6, 6.07) is 16.9. The first-order chi connectivity index (χ1) is 10.2. The lowest BCUT2D eigenvalue weighted by atomic mass is 10.3. The Hall–Kier alpha value is -2.01. The van der Waals surface area contributed by atoms with Gasteiger partial charge in [-0.25, -0.2) is 4.79 Å². The molecule has 0 radical (unpaired) electrons. The van der Waals surface area contributed by atoms with Crippen molar-refractivity contribution in [1.82, 2.24) is 5.32 Å². The lowest BCUT2D eigenvalue weighted by Gasteiger charge is -2.09. The molecule has 0 aliphatic rings. The molecule has 5 heteroatoms. The number of urea groups is 1. The van der Waals surface area contributed by atoms with E-state index in [1.807, 2.05) is 54.6 Å². The lowest BCUT2D eigenvalue weighted by molar-refractivity contribution is 0.250. The van der Waals surface area contributed by atoms with Gasteiger partial charge in [0.05, 0.1) is 6.61 Å². The maximum absolute atomic E-state index is 11.7. The van der Waals surface area contributed by atoms with Gasteiger partial charge in [0.15, 0.2) is 0 Å². The number of para-hydroxylation sites is 1. The normalized spacial score (nSPS) is 9.95. The number of ether oxygens (including phenoxy) is 1. The fourth-order valence-electron chi connectivity index (χ4n) is 1.72. The number of amides is 2. The average Bonchev–Trinajstić information content (AvgIpc) is 2.48. The van der Waals surface area contributed by atoms with Gasteiger partial charge in [-0.3, -0.25) is 0 Å². The van der Waals surface area contributed by atoms with E-state index in [1.54, 1.807) is 0 Å². The number of benzene rings is 2. The van der Waals surface area contributed by atoms with Crippen LogP contribution in [-0.4, -0.2) is 19.2 Å². The van der Waals surface area contributed by atoms with Crippen LogP contribution in [-0.2, 0) is 0 Å². The highest BCUT2D eigenvalue weighted by Crippen LogP contribution is 2.15. The minimum Gasteiger partial charge on any atom is -0.494 e. The fourth-order valence-corrected chi connectivity index (χ4v) is 2.12. The third-order valence-electron chi connectivity index (χ3n) is 2.70. The first-order valence-corrected chi connectivity index (χ1v) is 7.51. The Balaban J connectivity index is 1.61. The van der Waals surface area contributed by atoms with Crippen molar-refractivity contribution in [2.24, 2.45) is 0 Å². The van der Waals surface area contributed by atoms with Crippen LogP contribution < -0.4 is 15.4 Å². The van der Waals surface area contributed by atoms with Gasteiger partial charge in [0.1, 0.15) is 5.75 Å². The molecule has 0 aromatic heterocycles. The fraction of sp³-hybridized carbons (Fsp3) is 0.188. The van der Waals surface area contributed by atoms with Gasteiger partial charge in [-0.2, -0.15) is 0 Å². The van der Waals surface area contributed by atoms with Crippen LogP contribution in [0.4, 0.5) is 10.5 Å². The predicted octanol–water partition coefficient (Wildman–Crippen LogP) is 4.04. The second-order valence-corrected chi connectivity index (χ2v) is 5.32. The molecule has 0 saturated carbocycles. The highest BCUT2D eigenvalue weighted by atomic mass is 79.9. The summed E-state index contributed by atoms with van der Waals surface area (Å²) >= 11 is 3.36. The van der Waals surface area contributed by atoms with E-state index in [2.05, 4.69) is 26.6 Å². The van der Waals surface area contributed by atoms with Crippen LogP contribution in [0.25, 0.3) is 0 Å². The van der Waals surface area contributed by atoms with E-state index in [0.29, 0.717) is 13.2 Å². The number of carbonyl (C=O) groups excluding carboxylic acids is 1. The molecule has 4 nitrogen and oxygen atoms in total. The molecule has 2 amide bonds. The minimum atomic E-state index is -0.215. The van der Waals surface area contributed by atoms with Crippen LogP contribution in [0.2, 0.25) is 0 Å². The van der Waals surface area contributed by atoms with Crippen molar-refractivity contribution < 1.29 is 9.53 Å². The van der Waals surface area contributed by atoms with Crippen LogP contribution in [0.3, 0.4) is 0 Å². The summed E-state index contributed by atoms with van der Waals surface area (Å²) in [4.78, 5) is 11.7. The second-order valence-electron chi connectivity index (χ2n) is 4.41. The molecule has 0 aliphatic carbocycles. The van der Waals surface area contributed by atoms with E-state index in [9.17, 15) is 4.79 Å². The molecule has 0 aliphatic heterocycles. The maximum Gasteiger partial charge on any atom is 0.319 e. The van der Waals surface area contributed by atoms with Gasteiger partial charge in [-0.1, -0.05) is 40.2 Å². The van der Waals surface area contributed by atoms with Crippen molar-refractivity contribution in [2.45, 2.75) is 6.42 Å². The number of hydrogen-bond donors (Lipinski definition) is 2. The maximum atomic E-state index is 11.7. The molecule has 2 aromatic rings. The highest BCUT2D eigenvalue weighted by molar-refractivity contribution is 9.10. The van der Waals surface area contributed by atoms with E-state index in [0.717, 1.165) is 22.3 Å². The van der Waals surface area contributed by atoms with Crippen LogP contribution in [0.5, 0.6) is 5.75 Å². The number of anilines is 1. The molecule has 0 spiro atoms. The van der Waals surface area contributed by atoms with Crippen LogP contribution in [0.15, 0.2) is 59.1 Å². The smallest absolute Gasteiger partial charge is 0.319 e. The lowest BCUT2D eigenvalue weighted by Crippen LogP contribution is -2.30. The SMILES string of the molecule is O=C(NCCCOc1ccccc1)Nc1cccc(Br)c1. The van der Waals surface area contributed by atoms with Crippen LogP contribution in [0, 0.1) is 0 Å². The molecule has 0 heterocycles. The molecule has 2 aromatic carbocycles. The molecule has 2 rings (SSSR count). The second kappa shape index (κ2) is 8.32. The van der Waals surface area contributed by atoms with Gasteiger partial charge in [0, 0.05) is 16.7 Å². The van der Waals surface area contributed by atoms with Gasteiger partial charge >= 0.3 is 6.03 Å². The molecular weight excluding hydrogens is 332 g/mol. The van der Waals surface area contributed by atoms with E-state index < -0.39 is 0 Å². The van der Waals surface area contributed by atoms with Gasteiger partial charge in [0.25, 0.3) is 0 Å². The monoisotopic (exact) mass is 348 g/mol. The molecule has 0 unspecified atom stereocenters. The molecule has 0 fully saturated rings. The van der Waals surface area contributed by atoms with Crippen molar-refractivity contribution in [3.05, 3.63) is 59.1 Å². The molecule has 0 saturated heterocycles. The van der Waals surface area contributed by atoms with E-state index in [-0.39, 0.29) is 6.03 Å². The largest absolute Gasteiger partial charge is 0.494 e. The Bertz CT molecular complexity index is 575. The Labute approximate surface area is 132 Å². The average molecular weight is 349 g/mol. The highest BCUT2D eigenvalue weighted by Gasteiger charge is 2.01. The molecule has 0 bridgehead atoms. The zero-order valence-corrected chi connectivity index (χ0v) is 13.1. The van der Waals surface area contributed by atoms with Crippen LogP contribution in [0.1, 0.15) is 6.42 Å². The summed E-state index contributed by atoms with van der Waals surface area (Å²) in [6.07, 6.45) is 0.751. The summed E-state index contributed by atoms with van der Waals surface area (Å²) in [5, 5.41) is 5.56. The van der Waals surface area contributed by atoms with E-state index >= 15 is 0 Å².